The van der Waals surface area contributed by atoms with Gasteiger partial charge in [-0.15, -0.1) is 0 Å². The molecule has 0 bridgehead atoms. The molecule has 1 heterocycles. The van der Waals surface area contributed by atoms with Crippen LogP contribution >= 0.6 is 23.2 Å². The maximum absolute atomic E-state index is 12.6. The van der Waals surface area contributed by atoms with Gasteiger partial charge in [-0.3, -0.25) is 14.9 Å². The zero-order chi connectivity index (χ0) is 20.5. The van der Waals surface area contributed by atoms with E-state index in [4.69, 9.17) is 23.2 Å². The van der Waals surface area contributed by atoms with Crippen LogP contribution < -0.4 is 5.32 Å². The molecule has 29 heavy (non-hydrogen) atoms. The second-order valence-corrected chi connectivity index (χ2v) is 7.91. The molecule has 1 atom stereocenters. The first-order valence-electron chi connectivity index (χ1n) is 9.13. The van der Waals surface area contributed by atoms with Crippen LogP contribution in [0.5, 0.6) is 0 Å². The van der Waals surface area contributed by atoms with Crippen LogP contribution in [0, 0.1) is 6.92 Å². The molecule has 2 aromatic carbocycles. The summed E-state index contributed by atoms with van der Waals surface area (Å²) in [6.07, 6.45) is 2.51. The number of nitrogens with one attached hydrogen (secondary N) is 1. The molecule has 1 aliphatic carbocycles. The maximum atomic E-state index is 12.6. The number of hydrogen-bond acceptors (Lipinski definition) is 4. The molecule has 0 fully saturated rings. The van der Waals surface area contributed by atoms with Gasteiger partial charge in [-0.1, -0.05) is 53.0 Å². The van der Waals surface area contributed by atoms with Crippen molar-refractivity contribution in [1.29, 1.82) is 0 Å². The van der Waals surface area contributed by atoms with Crippen LogP contribution in [0.1, 0.15) is 49.9 Å². The Hall–Kier alpha value is -2.76. The SMILES string of the molecule is Cc1ccc(C2CC(=O)c3cnc(NC(=O)c4ccc(Cl)cc4Cl)nc3C2)cc1. The molecule has 4 rings (SSSR count). The third kappa shape index (κ3) is 4.16. The highest BCUT2D eigenvalue weighted by Gasteiger charge is 2.28. The molecule has 1 aromatic heterocycles. The number of rotatable bonds is 3. The zero-order valence-corrected chi connectivity index (χ0v) is 17.1. The van der Waals surface area contributed by atoms with E-state index >= 15 is 0 Å². The number of aryl methyl sites for hydroxylation is 1. The summed E-state index contributed by atoms with van der Waals surface area (Å²) in [6, 6.07) is 12.8. The summed E-state index contributed by atoms with van der Waals surface area (Å²) in [5.74, 6) is -0.240. The highest BCUT2D eigenvalue weighted by molar-refractivity contribution is 6.37. The van der Waals surface area contributed by atoms with E-state index in [2.05, 4.69) is 15.3 Å². The van der Waals surface area contributed by atoms with Crippen LogP contribution in [-0.4, -0.2) is 21.7 Å². The van der Waals surface area contributed by atoms with Gasteiger partial charge in [-0.2, -0.15) is 0 Å². The largest absolute Gasteiger partial charge is 0.294 e. The number of fused-ring (bicyclic) bond motifs is 1. The number of Topliss-reactive ketones (excluding diaryl/α,β-unsaturated/α-hetero) is 1. The third-order valence-electron chi connectivity index (χ3n) is 4.99. The van der Waals surface area contributed by atoms with Crippen LogP contribution in [0.25, 0.3) is 0 Å². The van der Waals surface area contributed by atoms with Crippen molar-refractivity contribution in [2.45, 2.75) is 25.7 Å². The number of benzene rings is 2. The minimum atomic E-state index is -0.441. The van der Waals surface area contributed by atoms with Crippen molar-refractivity contribution in [3.63, 3.8) is 0 Å². The van der Waals surface area contributed by atoms with Gasteiger partial charge in [0.15, 0.2) is 5.78 Å². The van der Waals surface area contributed by atoms with Gasteiger partial charge in [-0.25, -0.2) is 9.97 Å². The Morgan fingerprint density at radius 1 is 1.10 bits per heavy atom. The fourth-order valence-corrected chi connectivity index (χ4v) is 3.92. The number of nitrogens with zero attached hydrogens (tertiary/aromatic N) is 2. The molecule has 0 spiro atoms. The topological polar surface area (TPSA) is 72.0 Å². The van der Waals surface area contributed by atoms with E-state index in [-0.39, 0.29) is 28.2 Å². The van der Waals surface area contributed by atoms with Gasteiger partial charge in [0.1, 0.15) is 0 Å². The molecule has 3 aromatic rings. The Labute approximate surface area is 178 Å². The van der Waals surface area contributed by atoms with E-state index in [1.54, 1.807) is 6.07 Å². The molecule has 1 amide bonds. The van der Waals surface area contributed by atoms with E-state index in [1.165, 1.54) is 23.9 Å². The van der Waals surface area contributed by atoms with Crippen molar-refractivity contribution in [2.75, 3.05) is 5.32 Å². The van der Waals surface area contributed by atoms with Gasteiger partial charge >= 0.3 is 0 Å². The fraction of sp³-hybridized carbons (Fsp3) is 0.182. The lowest BCUT2D eigenvalue weighted by Gasteiger charge is -2.23. The smallest absolute Gasteiger partial charge is 0.259 e. The Balaban J connectivity index is 1.58. The molecule has 5 nitrogen and oxygen atoms in total. The first kappa shape index (κ1) is 19.6. The second kappa shape index (κ2) is 7.93. The number of ketones is 1. The molecular weight excluding hydrogens is 409 g/mol. The fourth-order valence-electron chi connectivity index (χ4n) is 3.42. The Morgan fingerprint density at radius 2 is 1.86 bits per heavy atom. The van der Waals surface area contributed by atoms with Gasteiger partial charge < -0.3 is 0 Å². The molecule has 0 radical (unpaired) electrons. The van der Waals surface area contributed by atoms with Crippen LogP contribution in [0.4, 0.5) is 5.95 Å². The van der Waals surface area contributed by atoms with Crippen LogP contribution in [-0.2, 0) is 6.42 Å². The predicted molar refractivity (Wildman–Crippen MR) is 113 cm³/mol. The standard InChI is InChI=1S/C22H17Cl2N3O2/c1-12-2-4-13(5-3-12)14-8-19-17(20(28)9-14)11-25-22(26-19)27-21(29)16-7-6-15(23)10-18(16)24/h2-7,10-11,14H,8-9H2,1H3,(H,25,26,27,29). The number of carbonyl (C=O) groups excluding carboxylic acids is 2. The third-order valence-corrected chi connectivity index (χ3v) is 5.54. The van der Waals surface area contributed by atoms with Crippen molar-refractivity contribution in [3.8, 4) is 0 Å². The van der Waals surface area contributed by atoms with Crippen molar-refractivity contribution in [1.82, 2.24) is 9.97 Å². The minimum absolute atomic E-state index is 0.00967. The van der Waals surface area contributed by atoms with Crippen molar-refractivity contribution >= 4 is 40.8 Å². The van der Waals surface area contributed by atoms with E-state index < -0.39 is 5.91 Å². The number of amides is 1. The molecule has 1 unspecified atom stereocenters. The van der Waals surface area contributed by atoms with Crippen molar-refractivity contribution < 1.29 is 9.59 Å². The average molecular weight is 426 g/mol. The lowest BCUT2D eigenvalue weighted by Crippen LogP contribution is -2.22. The van der Waals surface area contributed by atoms with Crippen LogP contribution in [0.2, 0.25) is 10.0 Å². The average Bonchev–Trinajstić information content (AvgIpc) is 2.68. The van der Waals surface area contributed by atoms with E-state index in [0.717, 1.165) is 5.56 Å². The van der Waals surface area contributed by atoms with Crippen molar-refractivity contribution in [2.24, 2.45) is 0 Å². The summed E-state index contributed by atoms with van der Waals surface area (Å²) in [7, 11) is 0. The monoisotopic (exact) mass is 425 g/mol. The summed E-state index contributed by atoms with van der Waals surface area (Å²) in [6.45, 7) is 2.03. The molecule has 1 aliphatic rings. The van der Waals surface area contributed by atoms with Gasteiger partial charge in [0.2, 0.25) is 5.95 Å². The number of aromatic nitrogens is 2. The first-order chi connectivity index (χ1) is 13.9. The summed E-state index contributed by atoms with van der Waals surface area (Å²) in [5, 5.41) is 3.33. The van der Waals surface area contributed by atoms with Gasteiger partial charge in [0.25, 0.3) is 5.91 Å². The lowest BCUT2D eigenvalue weighted by atomic mass is 9.82. The van der Waals surface area contributed by atoms with Gasteiger partial charge in [0.05, 0.1) is 21.8 Å². The maximum Gasteiger partial charge on any atom is 0.259 e. The quantitative estimate of drug-likeness (QED) is 0.621. The molecule has 0 saturated heterocycles. The molecule has 146 valence electrons. The van der Waals surface area contributed by atoms with E-state index in [0.29, 0.717) is 29.1 Å². The number of anilines is 1. The van der Waals surface area contributed by atoms with Crippen molar-refractivity contribution in [3.05, 3.63) is 86.7 Å². The summed E-state index contributed by atoms with van der Waals surface area (Å²) in [4.78, 5) is 33.6. The second-order valence-electron chi connectivity index (χ2n) is 7.07. The highest BCUT2D eigenvalue weighted by atomic mass is 35.5. The van der Waals surface area contributed by atoms with Crippen LogP contribution in [0.3, 0.4) is 0 Å². The molecule has 1 N–H and O–H groups in total. The zero-order valence-electron chi connectivity index (χ0n) is 15.6. The molecule has 0 saturated carbocycles. The van der Waals surface area contributed by atoms with E-state index in [1.807, 2.05) is 31.2 Å². The Kier molecular flexibility index (Phi) is 5.35. The molecule has 0 aliphatic heterocycles. The van der Waals surface area contributed by atoms with Gasteiger partial charge in [-0.05, 0) is 43.0 Å². The lowest BCUT2D eigenvalue weighted by molar-refractivity contribution is 0.0962. The highest BCUT2D eigenvalue weighted by Crippen LogP contribution is 2.32. The summed E-state index contributed by atoms with van der Waals surface area (Å²) < 4.78 is 0. The Bertz CT molecular complexity index is 1110. The number of halogens is 2. The Morgan fingerprint density at radius 3 is 2.59 bits per heavy atom. The molecular formula is C22H17Cl2N3O2. The molecule has 7 heteroatoms. The normalized spacial score (nSPS) is 15.7. The first-order valence-corrected chi connectivity index (χ1v) is 9.88. The minimum Gasteiger partial charge on any atom is -0.294 e. The van der Waals surface area contributed by atoms with Crippen LogP contribution in [0.15, 0.2) is 48.7 Å². The van der Waals surface area contributed by atoms with Gasteiger partial charge in [0, 0.05) is 17.6 Å². The number of carbonyl (C=O) groups is 2. The number of hydrogen-bond donors (Lipinski definition) is 1. The summed E-state index contributed by atoms with van der Waals surface area (Å²) >= 11 is 12.0. The predicted octanol–water partition coefficient (Wildman–Crippen LogP) is 5.26. The summed E-state index contributed by atoms with van der Waals surface area (Å²) in [5.41, 5.74) is 3.69. The van der Waals surface area contributed by atoms with E-state index in [9.17, 15) is 9.59 Å².